The van der Waals surface area contributed by atoms with Crippen LogP contribution in [0.5, 0.6) is 0 Å². The summed E-state index contributed by atoms with van der Waals surface area (Å²) in [6, 6.07) is 17.4. The van der Waals surface area contributed by atoms with E-state index in [1.54, 1.807) is 63.2 Å². The summed E-state index contributed by atoms with van der Waals surface area (Å²) in [7, 11) is 0. The summed E-state index contributed by atoms with van der Waals surface area (Å²) in [6.45, 7) is 6.09. The number of aryl methyl sites for hydroxylation is 1. The van der Waals surface area contributed by atoms with Gasteiger partial charge in [-0.05, 0) is 76.2 Å². The molecule has 0 saturated carbocycles. The number of amides is 3. The van der Waals surface area contributed by atoms with Gasteiger partial charge in [0.05, 0.1) is 5.54 Å². The van der Waals surface area contributed by atoms with Crippen LogP contribution in [0, 0.1) is 6.92 Å². The largest absolute Gasteiger partial charge is 0.439 e. The van der Waals surface area contributed by atoms with Gasteiger partial charge in [-0.15, -0.1) is 16.3 Å². The average Bonchev–Trinajstić information content (AvgIpc) is 3.28. The summed E-state index contributed by atoms with van der Waals surface area (Å²) in [5, 5.41) is 2.03. The minimum Gasteiger partial charge on any atom is -0.424 e. The van der Waals surface area contributed by atoms with E-state index in [0.717, 1.165) is 9.89 Å². The summed E-state index contributed by atoms with van der Waals surface area (Å²) in [4.78, 5) is 53.8. The number of carbonyl (C=O) groups is 4. The molecule has 0 aliphatic heterocycles. The van der Waals surface area contributed by atoms with E-state index in [2.05, 4.69) is 0 Å². The lowest BCUT2D eigenvalue weighted by Gasteiger charge is -2.41. The Morgan fingerprint density at radius 3 is 2.00 bits per heavy atom. The van der Waals surface area contributed by atoms with Crippen LogP contribution in [0.25, 0.3) is 0 Å². The molecule has 0 saturated heterocycles. The highest BCUT2D eigenvalue weighted by molar-refractivity contribution is 7.13. The van der Waals surface area contributed by atoms with Crippen molar-refractivity contribution in [2.75, 3.05) is 6.79 Å². The van der Waals surface area contributed by atoms with Gasteiger partial charge in [-0.25, -0.2) is 14.6 Å². The molecule has 0 aliphatic rings. The van der Waals surface area contributed by atoms with Crippen LogP contribution in [0.15, 0.2) is 66.7 Å². The van der Waals surface area contributed by atoms with Crippen LogP contribution in [-0.2, 0) is 9.47 Å². The van der Waals surface area contributed by atoms with E-state index in [-0.39, 0.29) is 11.1 Å². The maximum absolute atomic E-state index is 13.5. The van der Waals surface area contributed by atoms with Crippen molar-refractivity contribution in [2.24, 2.45) is 0 Å². The molecule has 188 valence electrons. The standard InChI is InChI=1S/C26H25ClN2O6S/c1-17-10-15-21(36-17)24(32)34-16-35-25(33)28(22(30)19-11-13-20(27)14-12-19)29(26(2,3)4)23(31)18-8-6-5-7-9-18/h5-15H,16H2,1-4H3. The maximum Gasteiger partial charge on any atom is 0.439 e. The van der Waals surface area contributed by atoms with Crippen LogP contribution in [0.3, 0.4) is 0 Å². The second-order valence-corrected chi connectivity index (χ2v) is 10.4. The third kappa shape index (κ3) is 6.50. The maximum atomic E-state index is 13.5. The lowest BCUT2D eigenvalue weighted by atomic mass is 10.1. The number of hydrogen-bond donors (Lipinski definition) is 0. The molecule has 3 aromatic rings. The molecular weight excluding hydrogens is 504 g/mol. The smallest absolute Gasteiger partial charge is 0.424 e. The van der Waals surface area contributed by atoms with Gasteiger partial charge in [0.2, 0.25) is 6.79 Å². The zero-order valence-corrected chi connectivity index (χ0v) is 21.8. The van der Waals surface area contributed by atoms with Crippen molar-refractivity contribution in [2.45, 2.75) is 33.2 Å². The lowest BCUT2D eigenvalue weighted by Crippen LogP contribution is -2.60. The molecule has 1 aromatic heterocycles. The lowest BCUT2D eigenvalue weighted by molar-refractivity contribution is -0.0584. The van der Waals surface area contributed by atoms with Crippen LogP contribution in [-0.4, -0.2) is 46.2 Å². The Hall–Kier alpha value is -3.69. The van der Waals surface area contributed by atoms with Crippen LogP contribution in [0.4, 0.5) is 4.79 Å². The van der Waals surface area contributed by atoms with E-state index in [9.17, 15) is 19.2 Å². The molecule has 0 atom stereocenters. The predicted molar refractivity (Wildman–Crippen MR) is 136 cm³/mol. The van der Waals surface area contributed by atoms with Gasteiger partial charge in [0.15, 0.2) is 0 Å². The summed E-state index contributed by atoms with van der Waals surface area (Å²) >= 11 is 7.18. The quantitative estimate of drug-likeness (QED) is 0.230. The third-order valence-electron chi connectivity index (χ3n) is 4.82. The first-order chi connectivity index (χ1) is 17.0. The number of ether oxygens (including phenoxy) is 2. The molecule has 8 nitrogen and oxygen atoms in total. The fourth-order valence-electron chi connectivity index (χ4n) is 3.18. The first-order valence-electron chi connectivity index (χ1n) is 10.9. The number of rotatable bonds is 5. The minimum absolute atomic E-state index is 0.0949. The highest BCUT2D eigenvalue weighted by Gasteiger charge is 2.41. The van der Waals surface area contributed by atoms with E-state index < -0.39 is 36.2 Å². The first kappa shape index (κ1) is 26.9. The Kier molecular flexibility index (Phi) is 8.49. The van der Waals surface area contributed by atoms with Gasteiger partial charge >= 0.3 is 12.1 Å². The molecule has 0 unspecified atom stereocenters. The number of halogens is 1. The van der Waals surface area contributed by atoms with Gasteiger partial charge in [0.25, 0.3) is 11.8 Å². The van der Waals surface area contributed by atoms with Gasteiger partial charge in [0.1, 0.15) is 4.88 Å². The van der Waals surface area contributed by atoms with Crippen LogP contribution < -0.4 is 0 Å². The Balaban J connectivity index is 1.91. The minimum atomic E-state index is -1.19. The number of nitrogens with zero attached hydrogens (tertiary/aromatic N) is 2. The van der Waals surface area contributed by atoms with Crippen molar-refractivity contribution < 1.29 is 28.7 Å². The van der Waals surface area contributed by atoms with Gasteiger partial charge in [-0.2, -0.15) is 0 Å². The SMILES string of the molecule is Cc1ccc(C(=O)OCOC(=O)N(C(=O)c2ccc(Cl)cc2)N(C(=O)c2ccccc2)C(C)(C)C)s1. The van der Waals surface area contributed by atoms with Gasteiger partial charge < -0.3 is 9.47 Å². The number of thiophene rings is 1. The average molecular weight is 529 g/mol. The third-order valence-corrected chi connectivity index (χ3v) is 6.05. The molecule has 10 heteroatoms. The molecular formula is C26H25ClN2O6S. The van der Waals surface area contributed by atoms with E-state index in [1.165, 1.54) is 35.6 Å². The first-order valence-corrected chi connectivity index (χ1v) is 12.1. The molecule has 0 fully saturated rings. The van der Waals surface area contributed by atoms with Gasteiger partial charge in [-0.3, -0.25) is 9.59 Å². The molecule has 1 heterocycles. The zero-order valence-electron chi connectivity index (χ0n) is 20.2. The number of carbonyl (C=O) groups excluding carboxylic acids is 4. The number of hydrogen-bond acceptors (Lipinski definition) is 7. The predicted octanol–water partition coefficient (Wildman–Crippen LogP) is 5.96. The number of hydrazine groups is 1. The molecule has 36 heavy (non-hydrogen) atoms. The molecule has 2 aromatic carbocycles. The van der Waals surface area contributed by atoms with E-state index in [4.69, 9.17) is 21.1 Å². The van der Waals surface area contributed by atoms with Crippen molar-refractivity contribution >= 4 is 46.8 Å². The van der Waals surface area contributed by atoms with Crippen LogP contribution in [0.1, 0.15) is 56.0 Å². The van der Waals surface area contributed by atoms with E-state index in [1.807, 2.05) is 6.92 Å². The summed E-state index contributed by atoms with van der Waals surface area (Å²) in [6.07, 6.45) is -1.19. The highest BCUT2D eigenvalue weighted by atomic mass is 35.5. The van der Waals surface area contributed by atoms with Crippen molar-refractivity contribution in [3.05, 3.63) is 92.6 Å². The van der Waals surface area contributed by atoms with Crippen molar-refractivity contribution in [3.63, 3.8) is 0 Å². The summed E-state index contributed by atoms with van der Waals surface area (Å²) in [5.74, 6) is -2.10. The summed E-state index contributed by atoms with van der Waals surface area (Å²) < 4.78 is 10.2. The molecule has 3 amide bonds. The second-order valence-electron chi connectivity index (χ2n) is 8.65. The summed E-state index contributed by atoms with van der Waals surface area (Å²) in [5.41, 5.74) is -0.676. The number of imide groups is 1. The van der Waals surface area contributed by atoms with E-state index >= 15 is 0 Å². The Bertz CT molecular complexity index is 1250. The Labute approximate surface area is 218 Å². The monoisotopic (exact) mass is 528 g/mol. The second kappa shape index (κ2) is 11.4. The van der Waals surface area contributed by atoms with E-state index in [0.29, 0.717) is 14.9 Å². The van der Waals surface area contributed by atoms with Gasteiger partial charge in [0, 0.05) is 21.0 Å². The molecule has 0 bridgehead atoms. The Morgan fingerprint density at radius 1 is 0.833 bits per heavy atom. The van der Waals surface area contributed by atoms with Gasteiger partial charge in [-0.1, -0.05) is 29.8 Å². The van der Waals surface area contributed by atoms with Crippen LogP contribution >= 0.6 is 22.9 Å². The van der Waals surface area contributed by atoms with Crippen molar-refractivity contribution in [1.29, 1.82) is 0 Å². The molecule has 0 radical (unpaired) electrons. The normalized spacial score (nSPS) is 10.9. The number of esters is 1. The van der Waals surface area contributed by atoms with Crippen molar-refractivity contribution in [3.8, 4) is 0 Å². The fourth-order valence-corrected chi connectivity index (χ4v) is 4.07. The van der Waals surface area contributed by atoms with Crippen molar-refractivity contribution in [1.82, 2.24) is 10.0 Å². The fraction of sp³-hybridized carbons (Fsp3) is 0.231. The van der Waals surface area contributed by atoms with Crippen LogP contribution in [0.2, 0.25) is 5.02 Å². The zero-order chi connectivity index (χ0) is 26.5. The molecule has 3 rings (SSSR count). The highest BCUT2D eigenvalue weighted by Crippen LogP contribution is 2.24. The number of benzene rings is 2. The molecule has 0 spiro atoms. The Morgan fingerprint density at radius 2 is 1.44 bits per heavy atom. The molecule has 0 aliphatic carbocycles. The molecule has 0 N–H and O–H groups in total. The topological polar surface area (TPSA) is 93.2 Å².